The molecule has 1 N–H and O–H groups in total. The molecule has 0 amide bonds. The maximum absolute atomic E-state index is 13.0. The average Bonchev–Trinajstić information content (AvgIpc) is 2.55. The summed E-state index contributed by atoms with van der Waals surface area (Å²) in [5.74, 6) is 0.0810. The van der Waals surface area contributed by atoms with Gasteiger partial charge in [0.25, 0.3) is 0 Å². The first kappa shape index (κ1) is 16.5. The number of aromatic nitrogens is 1. The van der Waals surface area contributed by atoms with Crippen LogP contribution in [0.5, 0.6) is 0 Å². The number of anilines is 3. The Morgan fingerprint density at radius 1 is 0.958 bits per heavy atom. The van der Waals surface area contributed by atoms with Crippen molar-refractivity contribution < 1.29 is 12.8 Å². The highest BCUT2D eigenvalue weighted by Gasteiger charge is 2.18. The van der Waals surface area contributed by atoms with Crippen LogP contribution in [0, 0.1) is 5.82 Å². The van der Waals surface area contributed by atoms with E-state index in [1.807, 2.05) is 6.07 Å². The Balaban J connectivity index is 1.61. The number of nitrogens with zero attached hydrogens (tertiary/aromatic N) is 3. The summed E-state index contributed by atoms with van der Waals surface area (Å²) >= 11 is 0. The normalized spacial score (nSPS) is 15.4. The van der Waals surface area contributed by atoms with Gasteiger partial charge in [0.15, 0.2) is 0 Å². The number of benzene rings is 1. The van der Waals surface area contributed by atoms with Gasteiger partial charge in [0, 0.05) is 31.9 Å². The summed E-state index contributed by atoms with van der Waals surface area (Å²) < 4.78 is 37.7. The molecule has 8 heteroatoms. The van der Waals surface area contributed by atoms with Crippen molar-refractivity contribution in [2.75, 3.05) is 47.0 Å². The summed E-state index contributed by atoms with van der Waals surface area (Å²) in [5.41, 5.74) is 1.97. The van der Waals surface area contributed by atoms with Gasteiger partial charge in [0.2, 0.25) is 10.0 Å². The molecule has 0 spiro atoms. The Morgan fingerprint density at radius 3 is 2.00 bits per heavy atom. The lowest BCUT2D eigenvalue weighted by molar-refractivity contribution is 0.606. The van der Waals surface area contributed by atoms with E-state index in [-0.39, 0.29) is 5.82 Å². The highest BCUT2D eigenvalue weighted by atomic mass is 32.2. The molecule has 1 saturated heterocycles. The second-order valence-electron chi connectivity index (χ2n) is 5.73. The molecule has 24 heavy (non-hydrogen) atoms. The summed E-state index contributed by atoms with van der Waals surface area (Å²) in [6.45, 7) is 3.29. The fourth-order valence-electron chi connectivity index (χ4n) is 2.70. The van der Waals surface area contributed by atoms with Gasteiger partial charge in [-0.05, 0) is 36.4 Å². The SMILES string of the molecule is CS(=O)(=O)Nc1ccc(N2CCN(c3ccc(F)cc3)CC2)cn1. The molecular formula is C16H19FN4O2S. The molecule has 0 radical (unpaired) electrons. The molecule has 1 aliphatic rings. The van der Waals surface area contributed by atoms with Crippen LogP contribution in [0.15, 0.2) is 42.6 Å². The van der Waals surface area contributed by atoms with E-state index in [2.05, 4.69) is 19.5 Å². The highest BCUT2D eigenvalue weighted by molar-refractivity contribution is 7.92. The van der Waals surface area contributed by atoms with Gasteiger partial charge in [-0.3, -0.25) is 4.72 Å². The summed E-state index contributed by atoms with van der Waals surface area (Å²) in [6, 6.07) is 10.0. The molecule has 128 valence electrons. The molecule has 1 aromatic carbocycles. The standard InChI is InChI=1S/C16H19FN4O2S/c1-24(22,23)19-16-7-6-15(12-18-16)21-10-8-20(9-11-21)14-4-2-13(17)3-5-14/h2-7,12H,8-11H2,1H3,(H,18,19). The number of rotatable bonds is 4. The molecule has 0 saturated carbocycles. The van der Waals surface area contributed by atoms with Crippen molar-refractivity contribution in [3.63, 3.8) is 0 Å². The minimum absolute atomic E-state index is 0.230. The van der Waals surface area contributed by atoms with Gasteiger partial charge in [-0.1, -0.05) is 0 Å². The summed E-state index contributed by atoms with van der Waals surface area (Å²) in [6.07, 6.45) is 2.76. The molecule has 2 aromatic rings. The summed E-state index contributed by atoms with van der Waals surface area (Å²) in [5, 5.41) is 0. The van der Waals surface area contributed by atoms with Crippen LogP contribution in [0.1, 0.15) is 0 Å². The third-order valence-electron chi connectivity index (χ3n) is 3.87. The fourth-order valence-corrected chi connectivity index (χ4v) is 3.20. The number of hydrogen-bond donors (Lipinski definition) is 1. The third kappa shape index (κ3) is 4.14. The number of pyridine rings is 1. The smallest absolute Gasteiger partial charge is 0.230 e. The molecule has 3 rings (SSSR count). The predicted octanol–water partition coefficient (Wildman–Crippen LogP) is 1.92. The van der Waals surface area contributed by atoms with E-state index >= 15 is 0 Å². The molecule has 1 aliphatic heterocycles. The van der Waals surface area contributed by atoms with Crippen LogP contribution in [-0.2, 0) is 10.0 Å². The average molecular weight is 350 g/mol. The number of halogens is 1. The molecule has 0 bridgehead atoms. The first-order chi connectivity index (χ1) is 11.4. The number of nitrogens with one attached hydrogen (secondary N) is 1. The zero-order valence-corrected chi connectivity index (χ0v) is 14.1. The van der Waals surface area contributed by atoms with Crippen molar-refractivity contribution in [3.05, 3.63) is 48.4 Å². The van der Waals surface area contributed by atoms with Gasteiger partial charge in [-0.25, -0.2) is 17.8 Å². The maximum Gasteiger partial charge on any atom is 0.230 e. The largest absolute Gasteiger partial charge is 0.368 e. The number of sulfonamides is 1. The van der Waals surface area contributed by atoms with Crippen LogP contribution in [-0.4, -0.2) is 45.8 Å². The second kappa shape index (κ2) is 6.64. The Morgan fingerprint density at radius 2 is 1.50 bits per heavy atom. The minimum atomic E-state index is -3.32. The minimum Gasteiger partial charge on any atom is -0.368 e. The predicted molar refractivity (Wildman–Crippen MR) is 93.5 cm³/mol. The number of hydrogen-bond acceptors (Lipinski definition) is 5. The van der Waals surface area contributed by atoms with Crippen molar-refractivity contribution in [1.82, 2.24) is 4.98 Å². The first-order valence-corrected chi connectivity index (χ1v) is 9.49. The molecule has 1 aromatic heterocycles. The van der Waals surface area contributed by atoms with Crippen molar-refractivity contribution >= 4 is 27.2 Å². The first-order valence-electron chi connectivity index (χ1n) is 7.60. The third-order valence-corrected chi connectivity index (χ3v) is 4.45. The van der Waals surface area contributed by atoms with E-state index in [1.54, 1.807) is 24.4 Å². The van der Waals surface area contributed by atoms with Crippen LogP contribution < -0.4 is 14.5 Å². The van der Waals surface area contributed by atoms with Crippen LogP contribution in [0.3, 0.4) is 0 Å². The van der Waals surface area contributed by atoms with Gasteiger partial charge < -0.3 is 9.80 Å². The van der Waals surface area contributed by atoms with E-state index in [1.165, 1.54) is 12.1 Å². The zero-order chi connectivity index (χ0) is 17.2. The van der Waals surface area contributed by atoms with Gasteiger partial charge in [-0.15, -0.1) is 0 Å². The molecule has 1 fully saturated rings. The van der Waals surface area contributed by atoms with Crippen molar-refractivity contribution in [2.45, 2.75) is 0 Å². The quantitative estimate of drug-likeness (QED) is 0.913. The Bertz CT molecular complexity index is 786. The summed E-state index contributed by atoms with van der Waals surface area (Å²) in [7, 11) is -3.32. The van der Waals surface area contributed by atoms with Gasteiger partial charge in [-0.2, -0.15) is 0 Å². The summed E-state index contributed by atoms with van der Waals surface area (Å²) in [4.78, 5) is 8.54. The molecule has 2 heterocycles. The van der Waals surface area contributed by atoms with E-state index in [9.17, 15) is 12.8 Å². The van der Waals surface area contributed by atoms with Gasteiger partial charge in [0.1, 0.15) is 11.6 Å². The molecule has 0 unspecified atom stereocenters. The van der Waals surface area contributed by atoms with Gasteiger partial charge >= 0.3 is 0 Å². The Labute approximate surface area is 141 Å². The van der Waals surface area contributed by atoms with Gasteiger partial charge in [0.05, 0.1) is 18.1 Å². The van der Waals surface area contributed by atoms with Crippen molar-refractivity contribution in [1.29, 1.82) is 0 Å². The molecule has 0 atom stereocenters. The molecule has 6 nitrogen and oxygen atoms in total. The monoisotopic (exact) mass is 350 g/mol. The Hall–Kier alpha value is -2.35. The van der Waals surface area contributed by atoms with E-state index < -0.39 is 10.0 Å². The van der Waals surface area contributed by atoms with Crippen LogP contribution in [0.25, 0.3) is 0 Å². The highest BCUT2D eigenvalue weighted by Crippen LogP contribution is 2.21. The van der Waals surface area contributed by atoms with Crippen molar-refractivity contribution in [2.24, 2.45) is 0 Å². The van der Waals surface area contributed by atoms with Crippen LogP contribution in [0.2, 0.25) is 0 Å². The molecular weight excluding hydrogens is 331 g/mol. The van der Waals surface area contributed by atoms with E-state index in [4.69, 9.17) is 0 Å². The lowest BCUT2D eigenvalue weighted by Crippen LogP contribution is -2.46. The molecule has 0 aliphatic carbocycles. The Kier molecular flexibility index (Phi) is 4.57. The topological polar surface area (TPSA) is 65.5 Å². The van der Waals surface area contributed by atoms with Crippen LogP contribution >= 0.6 is 0 Å². The number of piperazine rings is 1. The fraction of sp³-hybridized carbons (Fsp3) is 0.312. The van der Waals surface area contributed by atoms with Crippen LogP contribution in [0.4, 0.5) is 21.6 Å². The van der Waals surface area contributed by atoms with Crippen molar-refractivity contribution in [3.8, 4) is 0 Å². The lowest BCUT2D eigenvalue weighted by atomic mass is 10.2. The second-order valence-corrected chi connectivity index (χ2v) is 7.47. The van der Waals surface area contributed by atoms with E-state index in [0.29, 0.717) is 5.82 Å². The lowest BCUT2D eigenvalue weighted by Gasteiger charge is -2.37. The zero-order valence-electron chi connectivity index (χ0n) is 13.3. The maximum atomic E-state index is 13.0. The van der Waals surface area contributed by atoms with E-state index in [0.717, 1.165) is 43.8 Å².